The van der Waals surface area contributed by atoms with Crippen LogP contribution in [0.25, 0.3) is 0 Å². The van der Waals surface area contributed by atoms with Gasteiger partial charge in [0.25, 0.3) is 0 Å². The second-order valence-electron chi connectivity index (χ2n) is 3.83. The number of aryl methyl sites for hydroxylation is 1. The minimum absolute atomic E-state index is 0.227. The van der Waals surface area contributed by atoms with Gasteiger partial charge >= 0.3 is 5.97 Å². The molecule has 0 N–H and O–H groups in total. The lowest BCUT2D eigenvalue weighted by Crippen LogP contribution is -2.10. The fourth-order valence-electron chi connectivity index (χ4n) is 1.41. The first-order valence-electron chi connectivity index (χ1n) is 5.78. The first kappa shape index (κ1) is 15.3. The number of hydrogen-bond acceptors (Lipinski definition) is 3. The van der Waals surface area contributed by atoms with Gasteiger partial charge in [-0.1, -0.05) is 23.2 Å². The van der Waals surface area contributed by atoms with Gasteiger partial charge in [-0.05, 0) is 38.0 Å². The zero-order valence-electron chi connectivity index (χ0n) is 10.5. The third-order valence-corrected chi connectivity index (χ3v) is 2.79. The van der Waals surface area contributed by atoms with Crippen LogP contribution in [0.4, 0.5) is 0 Å². The van der Waals surface area contributed by atoms with Crippen LogP contribution in [0.15, 0.2) is 12.1 Å². The Bertz CT molecular complexity index is 396. The van der Waals surface area contributed by atoms with E-state index < -0.39 is 0 Å². The lowest BCUT2D eigenvalue weighted by Gasteiger charge is -2.09. The van der Waals surface area contributed by atoms with Crippen molar-refractivity contribution < 1.29 is 14.3 Å². The van der Waals surface area contributed by atoms with Crippen molar-refractivity contribution in [1.82, 2.24) is 0 Å². The molecular formula is C13H16Cl2O3. The highest BCUT2D eigenvalue weighted by Gasteiger charge is 2.12. The summed E-state index contributed by atoms with van der Waals surface area (Å²) in [6, 6.07) is 3.41. The van der Waals surface area contributed by atoms with Crippen LogP contribution in [-0.4, -0.2) is 19.2 Å². The van der Waals surface area contributed by atoms with Crippen LogP contribution in [0.1, 0.15) is 25.3 Å². The zero-order valence-corrected chi connectivity index (χ0v) is 12.0. The second-order valence-corrected chi connectivity index (χ2v) is 4.65. The van der Waals surface area contributed by atoms with Crippen molar-refractivity contribution in [3.8, 4) is 5.75 Å². The number of carbonyl (C=O) groups is 1. The van der Waals surface area contributed by atoms with Crippen LogP contribution >= 0.6 is 23.2 Å². The monoisotopic (exact) mass is 290 g/mol. The van der Waals surface area contributed by atoms with Crippen molar-refractivity contribution in [3.63, 3.8) is 0 Å². The highest BCUT2D eigenvalue weighted by Crippen LogP contribution is 2.34. The predicted octanol–water partition coefficient (Wildman–Crippen LogP) is 4.02. The van der Waals surface area contributed by atoms with Gasteiger partial charge in [0.2, 0.25) is 0 Å². The maximum absolute atomic E-state index is 11.6. The van der Waals surface area contributed by atoms with Gasteiger partial charge in [0, 0.05) is 19.6 Å². The number of rotatable bonds is 6. The summed E-state index contributed by atoms with van der Waals surface area (Å²) in [4.78, 5) is 11.6. The summed E-state index contributed by atoms with van der Waals surface area (Å²) in [6.45, 7) is 4.96. The highest BCUT2D eigenvalue weighted by atomic mass is 35.5. The quantitative estimate of drug-likeness (QED) is 0.451. The number of carbonyl (C=O) groups excluding carboxylic acids is 1. The highest BCUT2D eigenvalue weighted by molar-refractivity contribution is 6.37. The van der Waals surface area contributed by atoms with Gasteiger partial charge in [0.05, 0.1) is 10.0 Å². The molecular weight excluding hydrogens is 275 g/mol. The van der Waals surface area contributed by atoms with E-state index in [0.717, 1.165) is 5.56 Å². The maximum Gasteiger partial charge on any atom is 0.311 e. The SMILES string of the molecule is CCOCCCC(=O)Oc1c(Cl)cc(C)cc1Cl. The van der Waals surface area contributed by atoms with Crippen LogP contribution in [0, 0.1) is 6.92 Å². The van der Waals surface area contributed by atoms with Crippen molar-refractivity contribution in [1.29, 1.82) is 0 Å². The molecule has 0 spiro atoms. The van der Waals surface area contributed by atoms with E-state index in [1.807, 2.05) is 13.8 Å². The lowest BCUT2D eigenvalue weighted by molar-refractivity contribution is -0.134. The molecule has 0 bridgehead atoms. The van der Waals surface area contributed by atoms with Crippen molar-refractivity contribution in [2.45, 2.75) is 26.7 Å². The third-order valence-electron chi connectivity index (χ3n) is 2.23. The van der Waals surface area contributed by atoms with E-state index in [-0.39, 0.29) is 18.1 Å². The summed E-state index contributed by atoms with van der Waals surface area (Å²) in [5, 5.41) is 0.691. The van der Waals surface area contributed by atoms with Crippen LogP contribution in [0.5, 0.6) is 5.75 Å². The Kier molecular flexibility index (Phi) is 6.47. The summed E-state index contributed by atoms with van der Waals surface area (Å²) in [5.74, 6) is -0.132. The molecule has 0 atom stereocenters. The Balaban J connectivity index is 2.54. The molecule has 0 aliphatic rings. The number of halogens is 2. The van der Waals surface area contributed by atoms with Gasteiger partial charge in [-0.3, -0.25) is 4.79 Å². The van der Waals surface area contributed by atoms with Gasteiger partial charge in [-0.25, -0.2) is 0 Å². The summed E-state index contributed by atoms with van der Waals surface area (Å²) in [7, 11) is 0. The van der Waals surface area contributed by atoms with Gasteiger partial charge in [-0.2, -0.15) is 0 Å². The first-order chi connectivity index (χ1) is 8.54. The maximum atomic E-state index is 11.6. The molecule has 0 heterocycles. The van der Waals surface area contributed by atoms with E-state index in [9.17, 15) is 4.79 Å². The molecule has 3 nitrogen and oxygen atoms in total. The predicted molar refractivity (Wildman–Crippen MR) is 72.6 cm³/mol. The fraction of sp³-hybridized carbons (Fsp3) is 0.462. The van der Waals surface area contributed by atoms with Crippen molar-refractivity contribution in [2.75, 3.05) is 13.2 Å². The molecule has 0 aromatic heterocycles. The Hall–Kier alpha value is -0.770. The molecule has 5 heteroatoms. The van der Waals surface area contributed by atoms with E-state index in [1.165, 1.54) is 0 Å². The minimum Gasteiger partial charge on any atom is -0.423 e. The largest absolute Gasteiger partial charge is 0.423 e. The molecule has 1 aromatic carbocycles. The molecule has 18 heavy (non-hydrogen) atoms. The molecule has 0 aliphatic carbocycles. The molecule has 1 aromatic rings. The third kappa shape index (κ3) is 4.84. The fourth-order valence-corrected chi connectivity index (χ4v) is 2.09. The molecule has 0 radical (unpaired) electrons. The second kappa shape index (κ2) is 7.62. The summed E-state index contributed by atoms with van der Waals surface area (Å²) >= 11 is 12.0. The van der Waals surface area contributed by atoms with Crippen molar-refractivity contribution >= 4 is 29.2 Å². The molecule has 0 saturated carbocycles. The number of ether oxygens (including phenoxy) is 2. The summed E-state index contributed by atoms with van der Waals surface area (Å²) in [6.07, 6.45) is 0.897. The molecule has 0 fully saturated rings. The average Bonchev–Trinajstić information content (AvgIpc) is 2.29. The molecule has 0 unspecified atom stereocenters. The van der Waals surface area contributed by atoms with E-state index in [1.54, 1.807) is 12.1 Å². The van der Waals surface area contributed by atoms with Crippen LogP contribution in [-0.2, 0) is 9.53 Å². The molecule has 0 aliphatic heterocycles. The van der Waals surface area contributed by atoms with E-state index >= 15 is 0 Å². The van der Waals surface area contributed by atoms with Crippen LogP contribution < -0.4 is 4.74 Å². The normalized spacial score (nSPS) is 10.4. The van der Waals surface area contributed by atoms with Crippen LogP contribution in [0.3, 0.4) is 0 Å². The Morgan fingerprint density at radius 3 is 2.44 bits per heavy atom. The first-order valence-corrected chi connectivity index (χ1v) is 6.54. The summed E-state index contributed by atoms with van der Waals surface area (Å²) < 4.78 is 10.3. The van der Waals surface area contributed by atoms with Gasteiger partial charge < -0.3 is 9.47 Å². The van der Waals surface area contributed by atoms with E-state index in [2.05, 4.69) is 0 Å². The number of esters is 1. The van der Waals surface area contributed by atoms with E-state index in [4.69, 9.17) is 32.7 Å². The van der Waals surface area contributed by atoms with Gasteiger partial charge in [0.15, 0.2) is 5.75 Å². The molecule has 0 saturated heterocycles. The number of benzene rings is 1. The molecule has 0 amide bonds. The summed E-state index contributed by atoms with van der Waals surface area (Å²) in [5.41, 5.74) is 0.918. The van der Waals surface area contributed by atoms with E-state index in [0.29, 0.717) is 29.7 Å². The van der Waals surface area contributed by atoms with Crippen LogP contribution in [0.2, 0.25) is 10.0 Å². The Morgan fingerprint density at radius 2 is 1.89 bits per heavy atom. The Morgan fingerprint density at radius 1 is 1.28 bits per heavy atom. The Labute approximate surface area is 117 Å². The average molecular weight is 291 g/mol. The number of hydrogen-bond donors (Lipinski definition) is 0. The minimum atomic E-state index is -0.359. The topological polar surface area (TPSA) is 35.5 Å². The molecule has 100 valence electrons. The van der Waals surface area contributed by atoms with Crippen molar-refractivity contribution in [3.05, 3.63) is 27.7 Å². The van der Waals surface area contributed by atoms with Crippen molar-refractivity contribution in [2.24, 2.45) is 0 Å². The lowest BCUT2D eigenvalue weighted by atomic mass is 10.2. The van der Waals surface area contributed by atoms with Gasteiger partial charge in [0.1, 0.15) is 0 Å². The standard InChI is InChI=1S/C13H16Cl2O3/c1-3-17-6-4-5-12(16)18-13-10(14)7-9(2)8-11(13)15/h7-8H,3-6H2,1-2H3. The van der Waals surface area contributed by atoms with Gasteiger partial charge in [-0.15, -0.1) is 0 Å². The smallest absolute Gasteiger partial charge is 0.311 e. The molecule has 1 rings (SSSR count). The zero-order chi connectivity index (χ0) is 13.5.